The molecule has 0 bridgehead atoms. The van der Waals surface area contributed by atoms with Gasteiger partial charge in [-0.15, -0.1) is 0 Å². The lowest BCUT2D eigenvalue weighted by Crippen LogP contribution is -2.28. The third kappa shape index (κ3) is 4.59. The van der Waals surface area contributed by atoms with Crippen LogP contribution in [0.25, 0.3) is 11.1 Å². The quantitative estimate of drug-likeness (QED) is 0.600. The van der Waals surface area contributed by atoms with Crippen molar-refractivity contribution in [3.63, 3.8) is 0 Å². The van der Waals surface area contributed by atoms with Crippen LogP contribution in [0.15, 0.2) is 36.5 Å². The lowest BCUT2D eigenvalue weighted by molar-refractivity contribution is 0.110. The van der Waals surface area contributed by atoms with Gasteiger partial charge < -0.3 is 9.74 Å². The van der Waals surface area contributed by atoms with E-state index >= 15 is 0 Å². The normalized spacial score (nSPS) is 12.8. The molecule has 0 amide bonds. The second kappa shape index (κ2) is 7.26. The summed E-state index contributed by atoms with van der Waals surface area (Å²) in [6, 6.07) is 10.3. The third-order valence-electron chi connectivity index (χ3n) is 3.87. The molecule has 0 saturated carbocycles. The van der Waals surface area contributed by atoms with Gasteiger partial charge in [-0.2, -0.15) is 0 Å². The Morgan fingerprint density at radius 3 is 2.38 bits per heavy atom. The minimum Gasteiger partial charge on any atom is -0.415 e. The molecule has 1 aromatic carbocycles. The molecule has 1 N–H and O–H groups in total. The van der Waals surface area contributed by atoms with Gasteiger partial charge in [0.1, 0.15) is 5.15 Å². The predicted molar refractivity (Wildman–Crippen MR) is 107 cm³/mol. The standard InChI is InChI=1S/C19H27ClN2OSi/c1-18(2,3)24-23-19(4,5)15-10-8-7-9-13(15)14-11-17(20)22-12-16(14)21-6/h7-12,21H,24H2,1-6H3. The van der Waals surface area contributed by atoms with Crippen molar-refractivity contribution in [2.24, 2.45) is 0 Å². The van der Waals surface area contributed by atoms with Gasteiger partial charge in [-0.05, 0) is 36.1 Å². The van der Waals surface area contributed by atoms with E-state index in [-0.39, 0.29) is 10.6 Å². The highest BCUT2D eigenvalue weighted by molar-refractivity contribution is 6.31. The third-order valence-corrected chi connectivity index (χ3v) is 5.81. The van der Waals surface area contributed by atoms with Crippen molar-refractivity contribution in [1.82, 2.24) is 4.98 Å². The van der Waals surface area contributed by atoms with Crippen LogP contribution in [-0.4, -0.2) is 21.8 Å². The average Bonchev–Trinajstić information content (AvgIpc) is 2.52. The van der Waals surface area contributed by atoms with Crippen LogP contribution < -0.4 is 5.32 Å². The minimum atomic E-state index is -0.671. The first-order chi connectivity index (χ1) is 11.1. The van der Waals surface area contributed by atoms with E-state index in [1.165, 1.54) is 5.56 Å². The van der Waals surface area contributed by atoms with Crippen LogP contribution in [0.1, 0.15) is 40.2 Å². The summed E-state index contributed by atoms with van der Waals surface area (Å²) in [6.45, 7) is 11.0. The minimum absolute atomic E-state index is 0.252. The van der Waals surface area contributed by atoms with Crippen LogP contribution in [0.4, 0.5) is 5.69 Å². The number of halogens is 1. The van der Waals surface area contributed by atoms with Gasteiger partial charge in [0.2, 0.25) is 0 Å². The Balaban J connectivity index is 2.50. The Kier molecular flexibility index (Phi) is 5.73. The topological polar surface area (TPSA) is 34.2 Å². The highest BCUT2D eigenvalue weighted by Crippen LogP contribution is 2.38. The SMILES string of the molecule is CNc1cnc(Cl)cc1-c1ccccc1C(C)(C)O[SiH2]C(C)(C)C. The van der Waals surface area contributed by atoms with Crippen molar-refractivity contribution >= 4 is 27.1 Å². The highest BCUT2D eigenvalue weighted by Gasteiger charge is 2.27. The zero-order chi connectivity index (χ0) is 18.0. The molecule has 0 fully saturated rings. The Morgan fingerprint density at radius 1 is 1.08 bits per heavy atom. The summed E-state index contributed by atoms with van der Waals surface area (Å²) in [7, 11) is 1.22. The second-order valence-electron chi connectivity index (χ2n) is 7.71. The number of nitrogens with one attached hydrogen (secondary N) is 1. The fraction of sp³-hybridized carbons (Fsp3) is 0.421. The number of hydrogen-bond donors (Lipinski definition) is 1. The number of anilines is 1. The number of aromatic nitrogens is 1. The molecule has 0 radical (unpaired) electrons. The summed E-state index contributed by atoms with van der Waals surface area (Å²) in [4.78, 5) is 4.18. The summed E-state index contributed by atoms with van der Waals surface area (Å²) < 4.78 is 6.42. The smallest absolute Gasteiger partial charge is 0.168 e. The maximum atomic E-state index is 6.42. The lowest BCUT2D eigenvalue weighted by Gasteiger charge is -2.32. The maximum absolute atomic E-state index is 6.42. The molecule has 1 aromatic heterocycles. The zero-order valence-electron chi connectivity index (χ0n) is 15.4. The van der Waals surface area contributed by atoms with Gasteiger partial charge in [0.15, 0.2) is 9.76 Å². The largest absolute Gasteiger partial charge is 0.415 e. The molecule has 2 aromatic rings. The molecule has 0 saturated heterocycles. The van der Waals surface area contributed by atoms with Gasteiger partial charge in [-0.3, -0.25) is 0 Å². The van der Waals surface area contributed by atoms with Gasteiger partial charge in [-0.25, -0.2) is 4.98 Å². The summed E-state index contributed by atoms with van der Waals surface area (Å²) >= 11 is 6.15. The molecular weight excluding hydrogens is 336 g/mol. The van der Waals surface area contributed by atoms with E-state index in [0.29, 0.717) is 5.15 Å². The molecular formula is C19H27ClN2OSi. The first kappa shape index (κ1) is 19.0. The van der Waals surface area contributed by atoms with Gasteiger partial charge in [-0.1, -0.05) is 56.6 Å². The molecule has 0 spiro atoms. The monoisotopic (exact) mass is 362 g/mol. The Bertz CT molecular complexity index is 711. The summed E-state index contributed by atoms with van der Waals surface area (Å²) in [5.41, 5.74) is 3.94. The summed E-state index contributed by atoms with van der Waals surface area (Å²) in [5, 5.41) is 3.94. The van der Waals surface area contributed by atoms with E-state index in [2.05, 4.69) is 63.1 Å². The highest BCUT2D eigenvalue weighted by atomic mass is 35.5. The molecule has 0 atom stereocenters. The summed E-state index contributed by atoms with van der Waals surface area (Å²) in [5.74, 6) is 0. The first-order valence-electron chi connectivity index (χ1n) is 8.21. The molecule has 0 aliphatic heterocycles. The van der Waals surface area contributed by atoms with Crippen LogP contribution in [-0.2, 0) is 10.0 Å². The molecule has 2 rings (SSSR count). The van der Waals surface area contributed by atoms with E-state index in [0.717, 1.165) is 16.8 Å². The molecule has 130 valence electrons. The van der Waals surface area contributed by atoms with Crippen LogP contribution in [0.2, 0.25) is 10.2 Å². The van der Waals surface area contributed by atoms with E-state index < -0.39 is 9.76 Å². The average molecular weight is 363 g/mol. The lowest BCUT2D eigenvalue weighted by atomic mass is 9.89. The number of rotatable bonds is 5. The van der Waals surface area contributed by atoms with Crippen molar-refractivity contribution in [3.8, 4) is 11.1 Å². The van der Waals surface area contributed by atoms with E-state index in [9.17, 15) is 0 Å². The molecule has 24 heavy (non-hydrogen) atoms. The number of nitrogens with zero attached hydrogens (tertiary/aromatic N) is 1. The van der Waals surface area contributed by atoms with Crippen molar-refractivity contribution in [2.75, 3.05) is 12.4 Å². The number of benzene rings is 1. The molecule has 0 unspecified atom stereocenters. The fourth-order valence-electron chi connectivity index (χ4n) is 2.57. The van der Waals surface area contributed by atoms with E-state index in [1.807, 2.05) is 19.2 Å². The summed E-state index contributed by atoms with van der Waals surface area (Å²) in [6.07, 6.45) is 1.77. The van der Waals surface area contributed by atoms with Gasteiger partial charge in [0.05, 0.1) is 17.5 Å². The number of hydrogen-bond acceptors (Lipinski definition) is 3. The van der Waals surface area contributed by atoms with Crippen molar-refractivity contribution in [1.29, 1.82) is 0 Å². The van der Waals surface area contributed by atoms with E-state index in [4.69, 9.17) is 16.0 Å². The van der Waals surface area contributed by atoms with Gasteiger partial charge >= 0.3 is 0 Å². The van der Waals surface area contributed by atoms with Crippen LogP contribution in [0, 0.1) is 0 Å². The van der Waals surface area contributed by atoms with Crippen molar-refractivity contribution < 1.29 is 4.43 Å². The molecule has 3 nitrogen and oxygen atoms in total. The fourth-order valence-corrected chi connectivity index (χ4v) is 3.68. The number of pyridine rings is 1. The molecule has 0 aliphatic carbocycles. The Hall–Kier alpha value is -1.36. The van der Waals surface area contributed by atoms with Gasteiger partial charge in [0.25, 0.3) is 0 Å². The van der Waals surface area contributed by atoms with Gasteiger partial charge in [0, 0.05) is 12.6 Å². The Morgan fingerprint density at radius 2 is 1.75 bits per heavy atom. The van der Waals surface area contributed by atoms with Crippen molar-refractivity contribution in [3.05, 3.63) is 47.2 Å². The van der Waals surface area contributed by atoms with E-state index in [1.54, 1.807) is 6.20 Å². The molecule has 5 heteroatoms. The molecule has 1 heterocycles. The van der Waals surface area contributed by atoms with Crippen LogP contribution >= 0.6 is 11.6 Å². The first-order valence-corrected chi connectivity index (χ1v) is 9.87. The van der Waals surface area contributed by atoms with Crippen LogP contribution in [0.5, 0.6) is 0 Å². The maximum Gasteiger partial charge on any atom is 0.168 e. The second-order valence-corrected chi connectivity index (χ2v) is 10.8. The van der Waals surface area contributed by atoms with Crippen molar-refractivity contribution in [2.45, 2.75) is 45.3 Å². The Labute approximate surface area is 152 Å². The molecule has 0 aliphatic rings. The predicted octanol–water partition coefficient (Wildman–Crippen LogP) is 5.00. The van der Waals surface area contributed by atoms with Crippen LogP contribution in [0.3, 0.4) is 0 Å². The zero-order valence-corrected chi connectivity index (χ0v) is 17.6.